The van der Waals surface area contributed by atoms with Crippen LogP contribution < -0.4 is 11.1 Å². The van der Waals surface area contributed by atoms with Crippen LogP contribution in [0.5, 0.6) is 0 Å². The Morgan fingerprint density at radius 2 is 1.85 bits per heavy atom. The van der Waals surface area contributed by atoms with Crippen molar-refractivity contribution in [2.45, 2.75) is 96.9 Å². The molecule has 0 unspecified atom stereocenters. The number of hydrogen-bond donors (Lipinski definition) is 5. The summed E-state index contributed by atoms with van der Waals surface area (Å²) in [6, 6.07) is 0. The number of ether oxygens (including phenoxy) is 2. The molecule has 11 atom stereocenters. The highest BCUT2D eigenvalue weighted by molar-refractivity contribution is 5.99. The van der Waals surface area contributed by atoms with Crippen LogP contribution in [-0.2, 0) is 14.3 Å². The highest BCUT2D eigenvalue weighted by Crippen LogP contribution is 2.68. The molecule has 0 aromatic heterocycles. The molecule has 1 amide bonds. The Hall–Kier alpha value is -2.40. The molecule has 0 bridgehead atoms. The number of esters is 1. The minimum absolute atomic E-state index is 0.0571. The number of fused-ring (bicyclic) bond motifs is 5. The number of aliphatic hydroxyl groups is 2. The Morgan fingerprint density at radius 3 is 2.51 bits per heavy atom. The first kappa shape index (κ1) is 31.5. The lowest BCUT2D eigenvalue weighted by Crippen LogP contribution is -2.62. The number of nitrogens with zero attached hydrogens (tertiary/aromatic N) is 2. The summed E-state index contributed by atoms with van der Waals surface area (Å²) in [7, 11) is 4.73. The molecule has 0 aliphatic heterocycles. The maximum atomic E-state index is 12.5. The van der Waals surface area contributed by atoms with Crippen LogP contribution in [0.15, 0.2) is 4.99 Å². The number of carbonyl (C=O) groups is 2. The smallest absolute Gasteiger partial charge is 0.414 e. The quantitative estimate of drug-likeness (QED) is 0.188. The lowest BCUT2D eigenvalue weighted by atomic mass is 9.43. The van der Waals surface area contributed by atoms with E-state index >= 15 is 0 Å². The average molecular weight is 578 g/mol. The van der Waals surface area contributed by atoms with E-state index < -0.39 is 18.3 Å². The van der Waals surface area contributed by atoms with Gasteiger partial charge in [0.15, 0.2) is 0 Å². The summed E-state index contributed by atoms with van der Waals surface area (Å²) in [5.41, 5.74) is 5.42. The summed E-state index contributed by atoms with van der Waals surface area (Å²) < 4.78 is 10.6. The number of hydrogen-bond acceptors (Lipinski definition) is 7. The molecule has 4 aliphatic carbocycles. The molecule has 4 aliphatic rings. The number of rotatable bonds is 5. The molecule has 232 valence electrons. The molecule has 0 heterocycles. The lowest BCUT2D eigenvalue weighted by molar-refractivity contribution is -0.206. The summed E-state index contributed by atoms with van der Waals surface area (Å²) in [5.74, 6) is 0.839. The average Bonchev–Trinajstić information content (AvgIpc) is 3.26. The fourth-order valence-corrected chi connectivity index (χ4v) is 9.40. The predicted octanol–water partition coefficient (Wildman–Crippen LogP) is 3.08. The van der Waals surface area contributed by atoms with E-state index in [0.29, 0.717) is 38.0 Å². The first-order chi connectivity index (χ1) is 19.2. The van der Waals surface area contributed by atoms with Crippen LogP contribution in [0.25, 0.3) is 0 Å². The molecule has 4 rings (SSSR count). The van der Waals surface area contributed by atoms with Crippen molar-refractivity contribution in [3.05, 3.63) is 0 Å². The normalized spacial score (nSPS) is 40.8. The van der Waals surface area contributed by atoms with Crippen molar-refractivity contribution in [1.29, 1.82) is 5.41 Å². The number of carbonyl (C=O) groups excluding carboxylic acids is 2. The fourth-order valence-electron chi connectivity index (χ4n) is 9.40. The van der Waals surface area contributed by atoms with Crippen LogP contribution in [0.1, 0.15) is 78.6 Å². The van der Waals surface area contributed by atoms with Crippen molar-refractivity contribution in [3.8, 4) is 0 Å². The van der Waals surface area contributed by atoms with Gasteiger partial charge in [-0.05, 0) is 97.7 Å². The van der Waals surface area contributed by atoms with Gasteiger partial charge < -0.3 is 30.3 Å². The van der Waals surface area contributed by atoms with Gasteiger partial charge >= 0.3 is 12.1 Å². The number of aliphatic hydroxyl groups excluding tert-OH is 2. The molecule has 4 fully saturated rings. The number of alkyl carbamates (subject to hydrolysis) is 1. The van der Waals surface area contributed by atoms with Gasteiger partial charge in [-0.1, -0.05) is 20.8 Å². The van der Waals surface area contributed by atoms with Crippen molar-refractivity contribution in [1.82, 2.24) is 10.2 Å². The number of methoxy groups -OCH3 is 1. The third-order valence-electron chi connectivity index (χ3n) is 11.7. The molecule has 0 aromatic carbocycles. The second-order valence-electron chi connectivity index (χ2n) is 13.8. The molecular formula is C30H51N5O6. The summed E-state index contributed by atoms with van der Waals surface area (Å²) in [6.07, 6.45) is 4.73. The van der Waals surface area contributed by atoms with Crippen LogP contribution in [0, 0.1) is 51.7 Å². The second-order valence-corrected chi connectivity index (χ2v) is 13.8. The fraction of sp³-hybridized carbons (Fsp3) is 0.867. The molecule has 0 aromatic rings. The number of guanidine groups is 2. The van der Waals surface area contributed by atoms with E-state index in [-0.39, 0.29) is 64.4 Å². The van der Waals surface area contributed by atoms with Gasteiger partial charge in [-0.25, -0.2) is 4.79 Å². The van der Waals surface area contributed by atoms with E-state index in [0.717, 1.165) is 25.7 Å². The first-order valence-corrected chi connectivity index (χ1v) is 15.2. The van der Waals surface area contributed by atoms with E-state index in [4.69, 9.17) is 20.6 Å². The van der Waals surface area contributed by atoms with Gasteiger partial charge in [0.25, 0.3) is 0 Å². The van der Waals surface area contributed by atoms with Crippen LogP contribution in [-0.4, -0.2) is 78.6 Å². The van der Waals surface area contributed by atoms with Crippen LogP contribution in [0.3, 0.4) is 0 Å². The zero-order valence-corrected chi connectivity index (χ0v) is 25.6. The molecule has 0 radical (unpaired) electrons. The van der Waals surface area contributed by atoms with Crippen LogP contribution in [0.2, 0.25) is 0 Å². The summed E-state index contributed by atoms with van der Waals surface area (Å²) in [6.45, 7) is 6.73. The summed E-state index contributed by atoms with van der Waals surface area (Å²) >= 11 is 0. The first-order valence-electron chi connectivity index (χ1n) is 15.2. The molecular weight excluding hydrogens is 526 g/mol. The topological polar surface area (TPSA) is 171 Å². The predicted molar refractivity (Wildman–Crippen MR) is 155 cm³/mol. The molecule has 0 saturated heterocycles. The van der Waals surface area contributed by atoms with E-state index in [1.54, 1.807) is 14.1 Å². The van der Waals surface area contributed by atoms with Crippen molar-refractivity contribution < 1.29 is 29.3 Å². The molecule has 6 N–H and O–H groups in total. The van der Waals surface area contributed by atoms with Crippen molar-refractivity contribution in [3.63, 3.8) is 0 Å². The van der Waals surface area contributed by atoms with E-state index in [9.17, 15) is 19.8 Å². The maximum Gasteiger partial charge on any atom is 0.414 e. The largest absolute Gasteiger partial charge is 0.469 e. The number of aliphatic imine (C=N–C) groups is 1. The SMILES string of the molecule is COC(=O)CC[C@@H](C)[C@H]1CC[C@H]2[C@@H]3[C@H](O)C[C@@H]4C[C@H](OC(=O)N/C(N)=N/C(=N)N(C)C)CC[C@]4(C)[C@H]3C[C@H](O)[C@]12C. The third-order valence-corrected chi connectivity index (χ3v) is 11.7. The van der Waals surface area contributed by atoms with E-state index in [1.165, 1.54) is 12.0 Å². The van der Waals surface area contributed by atoms with Gasteiger partial charge in [0.2, 0.25) is 11.9 Å². The van der Waals surface area contributed by atoms with E-state index in [1.807, 2.05) is 0 Å². The minimum atomic E-state index is -0.692. The zero-order valence-electron chi connectivity index (χ0n) is 25.6. The standard InChI is InChI=1S/C30H51N5O6/c1-16(7-10-24(38)40-6)19-8-9-20-25-21(15-23(37)30(19,20)3)29(2)12-11-18(13-17(29)14-22(25)36)41-28(39)34-26(31)33-27(32)35(4)5/h16-23,25,36-37H,7-15H2,1-6H3,(H4,31,32,33,34,39)/t16-,17+,18-,19-,20+,21+,22-,23+,25+,29+,30-/m1/s1. The highest BCUT2D eigenvalue weighted by atomic mass is 16.6. The molecule has 4 saturated carbocycles. The summed E-state index contributed by atoms with van der Waals surface area (Å²) in [5, 5.41) is 33.6. The van der Waals surface area contributed by atoms with Crippen LogP contribution in [0.4, 0.5) is 4.79 Å². The molecule has 0 spiro atoms. The Bertz CT molecular complexity index is 1040. The number of nitrogens with one attached hydrogen (secondary N) is 2. The van der Waals surface area contributed by atoms with Gasteiger partial charge in [-0.2, -0.15) is 4.99 Å². The Labute approximate surface area is 244 Å². The van der Waals surface area contributed by atoms with Gasteiger partial charge in [0, 0.05) is 20.5 Å². The Morgan fingerprint density at radius 1 is 1.15 bits per heavy atom. The lowest BCUT2D eigenvalue weighted by Gasteiger charge is -2.63. The van der Waals surface area contributed by atoms with Crippen molar-refractivity contribution in [2.75, 3.05) is 21.2 Å². The maximum absolute atomic E-state index is 12.5. The van der Waals surface area contributed by atoms with Gasteiger partial charge in [0.05, 0.1) is 19.3 Å². The molecule has 41 heavy (non-hydrogen) atoms. The van der Waals surface area contributed by atoms with Gasteiger partial charge in [0.1, 0.15) is 6.10 Å². The Balaban J connectivity index is 1.43. The van der Waals surface area contributed by atoms with Crippen molar-refractivity contribution >= 4 is 24.0 Å². The Kier molecular flexibility index (Phi) is 9.28. The minimum Gasteiger partial charge on any atom is -0.469 e. The zero-order chi connectivity index (χ0) is 30.3. The van der Waals surface area contributed by atoms with E-state index in [2.05, 4.69) is 31.1 Å². The highest BCUT2D eigenvalue weighted by Gasteiger charge is 2.65. The molecule has 11 heteroatoms. The van der Waals surface area contributed by atoms with Gasteiger partial charge in [-0.3, -0.25) is 15.5 Å². The molecule has 11 nitrogen and oxygen atoms in total. The second kappa shape index (κ2) is 12.1. The monoisotopic (exact) mass is 577 g/mol. The number of nitrogens with two attached hydrogens (primary N) is 1. The van der Waals surface area contributed by atoms with Crippen LogP contribution >= 0.6 is 0 Å². The van der Waals surface area contributed by atoms with Gasteiger partial charge in [-0.15, -0.1) is 0 Å². The third kappa shape index (κ3) is 5.94. The number of amides is 1. The van der Waals surface area contributed by atoms with Crippen molar-refractivity contribution in [2.24, 2.45) is 57.1 Å². The summed E-state index contributed by atoms with van der Waals surface area (Å²) in [4.78, 5) is 29.6.